The van der Waals surface area contributed by atoms with Crippen LogP contribution in [0.2, 0.25) is 0 Å². The molecule has 174 valence electrons. The van der Waals surface area contributed by atoms with Gasteiger partial charge in [-0.1, -0.05) is 45.0 Å². The summed E-state index contributed by atoms with van der Waals surface area (Å²) in [5, 5.41) is 1.93. The van der Waals surface area contributed by atoms with Crippen molar-refractivity contribution in [2.75, 3.05) is 31.1 Å². The number of benzene rings is 1. The Bertz CT molecular complexity index is 1090. The van der Waals surface area contributed by atoms with Gasteiger partial charge in [-0.25, -0.2) is 14.4 Å². The van der Waals surface area contributed by atoms with Crippen LogP contribution in [-0.4, -0.2) is 47.0 Å². The van der Waals surface area contributed by atoms with Gasteiger partial charge in [-0.3, -0.25) is 4.79 Å². The Morgan fingerprint density at radius 3 is 2.48 bits per heavy atom. The Labute approximate surface area is 199 Å². The molecule has 0 saturated carbocycles. The van der Waals surface area contributed by atoms with Gasteiger partial charge in [0.1, 0.15) is 17.5 Å². The Kier molecular flexibility index (Phi) is 7.38. The number of hydrogen-bond acceptors (Lipinski definition) is 5. The molecule has 0 N–H and O–H groups in total. The van der Waals surface area contributed by atoms with Gasteiger partial charge in [-0.05, 0) is 35.9 Å². The molecule has 0 aliphatic carbocycles. The van der Waals surface area contributed by atoms with E-state index in [9.17, 15) is 9.18 Å². The molecular weight excluding hydrogens is 435 g/mol. The molecule has 3 aromatic rings. The molecule has 1 fully saturated rings. The first-order valence-corrected chi connectivity index (χ1v) is 12.6. The molecule has 5 nitrogen and oxygen atoms in total. The normalized spacial score (nSPS) is 15.0. The molecule has 3 heterocycles. The van der Waals surface area contributed by atoms with Crippen LogP contribution < -0.4 is 4.90 Å². The van der Waals surface area contributed by atoms with Crippen molar-refractivity contribution in [1.29, 1.82) is 0 Å². The third-order valence-corrected chi connectivity index (χ3v) is 7.26. The fourth-order valence-corrected chi connectivity index (χ4v) is 4.87. The molecule has 1 atom stereocenters. The minimum absolute atomic E-state index is 0.0912. The van der Waals surface area contributed by atoms with Crippen molar-refractivity contribution in [2.45, 2.75) is 46.0 Å². The highest BCUT2D eigenvalue weighted by Crippen LogP contribution is 2.29. The van der Waals surface area contributed by atoms with Crippen LogP contribution in [0, 0.1) is 5.82 Å². The van der Waals surface area contributed by atoms with E-state index in [-0.39, 0.29) is 17.6 Å². The molecule has 0 unspecified atom stereocenters. The summed E-state index contributed by atoms with van der Waals surface area (Å²) < 4.78 is 14.5. The van der Waals surface area contributed by atoms with Crippen LogP contribution in [0.3, 0.4) is 0 Å². The average molecular weight is 467 g/mol. The lowest BCUT2D eigenvalue weighted by atomic mass is 10.00. The molecule has 1 aliphatic rings. The number of hydrogen-bond donors (Lipinski definition) is 0. The highest BCUT2D eigenvalue weighted by atomic mass is 32.1. The largest absolute Gasteiger partial charge is 0.353 e. The molecule has 1 aliphatic heterocycles. The quantitative estimate of drug-likeness (QED) is 0.474. The highest BCUT2D eigenvalue weighted by molar-refractivity contribution is 7.12. The third kappa shape index (κ3) is 5.08. The Hall–Kier alpha value is -2.80. The minimum atomic E-state index is -0.206. The van der Waals surface area contributed by atoms with E-state index < -0.39 is 0 Å². The van der Waals surface area contributed by atoms with Crippen molar-refractivity contribution in [3.63, 3.8) is 0 Å². The molecule has 0 spiro atoms. The second-order valence-electron chi connectivity index (χ2n) is 8.52. The SMILES string of the molecule is CCc1nc([C@H](C)CC)nc(N2CCN(C(=O)c3cccs3)CC2)c1Cc1ccccc1F. The van der Waals surface area contributed by atoms with Crippen molar-refractivity contribution in [2.24, 2.45) is 0 Å². The fourth-order valence-electron chi connectivity index (χ4n) is 4.18. The summed E-state index contributed by atoms with van der Waals surface area (Å²) in [5.41, 5.74) is 2.63. The number of carbonyl (C=O) groups is 1. The monoisotopic (exact) mass is 466 g/mol. The summed E-state index contributed by atoms with van der Waals surface area (Å²) in [5.74, 6) is 1.87. The molecule has 1 aromatic carbocycles. The van der Waals surface area contributed by atoms with Gasteiger partial charge in [0.05, 0.1) is 4.88 Å². The summed E-state index contributed by atoms with van der Waals surface area (Å²) >= 11 is 1.48. The summed E-state index contributed by atoms with van der Waals surface area (Å²) in [6.07, 6.45) is 2.18. The molecule has 2 aromatic heterocycles. The number of aromatic nitrogens is 2. The molecule has 0 radical (unpaired) electrons. The topological polar surface area (TPSA) is 49.3 Å². The lowest BCUT2D eigenvalue weighted by Crippen LogP contribution is -2.49. The average Bonchev–Trinajstić information content (AvgIpc) is 3.39. The van der Waals surface area contributed by atoms with Crippen LogP contribution in [-0.2, 0) is 12.8 Å². The number of nitrogens with zero attached hydrogens (tertiary/aromatic N) is 4. The van der Waals surface area contributed by atoms with E-state index in [2.05, 4.69) is 25.7 Å². The van der Waals surface area contributed by atoms with Gasteiger partial charge >= 0.3 is 0 Å². The summed E-state index contributed by atoms with van der Waals surface area (Å²) in [7, 11) is 0. The first kappa shape index (κ1) is 23.4. The van der Waals surface area contributed by atoms with Crippen molar-refractivity contribution >= 4 is 23.1 Å². The Morgan fingerprint density at radius 2 is 1.85 bits per heavy atom. The van der Waals surface area contributed by atoms with Crippen LogP contribution in [0.5, 0.6) is 0 Å². The van der Waals surface area contributed by atoms with Gasteiger partial charge in [-0.15, -0.1) is 11.3 Å². The number of halogens is 1. The van der Waals surface area contributed by atoms with Crippen molar-refractivity contribution < 1.29 is 9.18 Å². The maximum Gasteiger partial charge on any atom is 0.264 e. The van der Waals surface area contributed by atoms with Crippen LogP contribution in [0.4, 0.5) is 10.2 Å². The molecule has 4 rings (SSSR count). The Morgan fingerprint density at radius 1 is 1.09 bits per heavy atom. The van der Waals surface area contributed by atoms with Crippen LogP contribution in [0.15, 0.2) is 41.8 Å². The standard InChI is InChI=1S/C26H31FN4OS/c1-4-18(3)24-28-22(5-2)20(17-19-9-6-7-10-21(19)27)25(29-24)30-12-14-31(15-13-30)26(32)23-11-8-16-33-23/h6-11,16,18H,4-5,12-15,17H2,1-3H3/t18-/m1/s1. The van der Waals surface area contributed by atoms with Gasteiger partial charge in [0, 0.05) is 49.8 Å². The van der Waals surface area contributed by atoms with Gasteiger partial charge in [0.2, 0.25) is 0 Å². The summed E-state index contributed by atoms with van der Waals surface area (Å²) in [6.45, 7) is 9.05. The second-order valence-corrected chi connectivity index (χ2v) is 9.47. The minimum Gasteiger partial charge on any atom is -0.353 e. The van der Waals surface area contributed by atoms with Gasteiger partial charge in [-0.2, -0.15) is 0 Å². The van der Waals surface area contributed by atoms with Gasteiger partial charge in [0.25, 0.3) is 5.91 Å². The third-order valence-electron chi connectivity index (χ3n) is 6.40. The van der Waals surface area contributed by atoms with Crippen molar-refractivity contribution in [3.8, 4) is 0 Å². The number of thiophene rings is 1. The molecule has 1 amide bonds. The maximum absolute atomic E-state index is 14.5. The van der Waals surface area contributed by atoms with Crippen LogP contribution >= 0.6 is 11.3 Å². The molecule has 1 saturated heterocycles. The summed E-state index contributed by atoms with van der Waals surface area (Å²) in [4.78, 5) is 27.6. The Balaban J connectivity index is 1.65. The first-order chi connectivity index (χ1) is 16.0. The van der Waals surface area contributed by atoms with Gasteiger partial charge < -0.3 is 9.80 Å². The number of anilines is 1. The predicted molar refractivity (Wildman–Crippen MR) is 132 cm³/mol. The van der Waals surface area contributed by atoms with Crippen LogP contribution in [0.1, 0.15) is 65.4 Å². The van der Waals surface area contributed by atoms with Gasteiger partial charge in [0.15, 0.2) is 0 Å². The van der Waals surface area contributed by atoms with E-state index in [1.54, 1.807) is 6.07 Å². The van der Waals surface area contributed by atoms with E-state index >= 15 is 0 Å². The highest BCUT2D eigenvalue weighted by Gasteiger charge is 2.27. The molecular formula is C26H31FN4OS. The number of carbonyl (C=O) groups excluding carboxylic acids is 1. The molecule has 7 heteroatoms. The zero-order chi connectivity index (χ0) is 23.4. The zero-order valence-corrected chi connectivity index (χ0v) is 20.4. The van der Waals surface area contributed by atoms with E-state index in [4.69, 9.17) is 9.97 Å². The van der Waals surface area contributed by atoms with E-state index in [1.165, 1.54) is 17.4 Å². The number of amides is 1. The fraction of sp³-hybridized carbons (Fsp3) is 0.423. The molecule has 33 heavy (non-hydrogen) atoms. The van der Waals surface area contributed by atoms with E-state index in [0.29, 0.717) is 38.2 Å². The van der Waals surface area contributed by atoms with E-state index in [0.717, 1.165) is 40.6 Å². The number of aryl methyl sites for hydroxylation is 1. The van der Waals surface area contributed by atoms with Crippen LogP contribution in [0.25, 0.3) is 0 Å². The lowest BCUT2D eigenvalue weighted by molar-refractivity contribution is 0.0751. The number of rotatable bonds is 7. The van der Waals surface area contributed by atoms with Crippen molar-refractivity contribution in [3.05, 3.63) is 75.1 Å². The van der Waals surface area contributed by atoms with Crippen molar-refractivity contribution in [1.82, 2.24) is 14.9 Å². The predicted octanol–water partition coefficient (Wildman–Crippen LogP) is 5.31. The van der Waals surface area contributed by atoms with E-state index in [1.807, 2.05) is 34.5 Å². The lowest BCUT2D eigenvalue weighted by Gasteiger charge is -2.36. The zero-order valence-electron chi connectivity index (χ0n) is 19.6. The summed E-state index contributed by atoms with van der Waals surface area (Å²) in [6, 6.07) is 10.7. The molecule has 0 bridgehead atoms. The maximum atomic E-state index is 14.5. The second kappa shape index (κ2) is 10.4. The first-order valence-electron chi connectivity index (χ1n) is 11.7. The smallest absolute Gasteiger partial charge is 0.264 e. The number of piperazine rings is 1.